The van der Waals surface area contributed by atoms with Crippen molar-refractivity contribution in [3.8, 4) is 0 Å². The van der Waals surface area contributed by atoms with Crippen LogP contribution in [0.25, 0.3) is 6.08 Å². The zero-order chi connectivity index (χ0) is 22.8. The largest absolute Gasteiger partial charge is 0.325 e. The molecule has 1 saturated heterocycles. The van der Waals surface area contributed by atoms with Crippen molar-refractivity contribution in [2.75, 3.05) is 11.9 Å². The molecular weight excluding hydrogens is 418 g/mol. The Morgan fingerprint density at radius 3 is 2.26 bits per heavy atom. The summed E-state index contributed by atoms with van der Waals surface area (Å²) >= 11 is 0.783. The van der Waals surface area contributed by atoms with E-state index in [1.54, 1.807) is 6.08 Å². The second-order valence-electron chi connectivity index (χ2n) is 7.99. The molecule has 0 bridgehead atoms. The van der Waals surface area contributed by atoms with Gasteiger partial charge in [-0.2, -0.15) is 0 Å². The quantitative estimate of drug-likeness (QED) is 0.415. The first-order valence-electron chi connectivity index (χ1n) is 9.45. The molecule has 1 fully saturated rings. The molecule has 1 N–H and O–H groups in total. The third-order valence-corrected chi connectivity index (χ3v) is 5.52. The van der Waals surface area contributed by atoms with E-state index >= 15 is 0 Å². The Morgan fingerprint density at radius 1 is 1.10 bits per heavy atom. The topological polar surface area (TPSA) is 110 Å². The molecule has 2 aromatic carbocycles. The first-order valence-corrected chi connectivity index (χ1v) is 10.3. The molecule has 0 aliphatic carbocycles. The molecule has 3 amide bonds. The second kappa shape index (κ2) is 8.73. The van der Waals surface area contributed by atoms with Crippen molar-refractivity contribution in [1.29, 1.82) is 0 Å². The fraction of sp³-hybridized carbons (Fsp3) is 0.227. The number of imide groups is 1. The van der Waals surface area contributed by atoms with Crippen molar-refractivity contribution in [1.82, 2.24) is 4.90 Å². The number of hydrogen-bond acceptors (Lipinski definition) is 6. The van der Waals surface area contributed by atoms with E-state index in [2.05, 4.69) is 26.1 Å². The predicted molar refractivity (Wildman–Crippen MR) is 120 cm³/mol. The molecule has 0 atom stereocenters. The number of nitro groups is 1. The summed E-state index contributed by atoms with van der Waals surface area (Å²) in [6.07, 6.45) is 1.63. The number of amides is 3. The predicted octanol–water partition coefficient (Wildman–Crippen LogP) is 4.57. The maximum atomic E-state index is 12.6. The van der Waals surface area contributed by atoms with E-state index < -0.39 is 28.5 Å². The molecule has 160 valence electrons. The minimum Gasteiger partial charge on any atom is -0.325 e. The summed E-state index contributed by atoms with van der Waals surface area (Å²) in [4.78, 5) is 48.4. The summed E-state index contributed by atoms with van der Waals surface area (Å²) in [6.45, 7) is 5.88. The number of nitrogens with zero attached hydrogens (tertiary/aromatic N) is 2. The molecular formula is C22H21N3O5S. The third-order valence-electron chi connectivity index (χ3n) is 4.61. The maximum Gasteiger partial charge on any atom is 0.294 e. The van der Waals surface area contributed by atoms with Crippen LogP contribution in [0.4, 0.5) is 16.2 Å². The average molecular weight is 439 g/mol. The van der Waals surface area contributed by atoms with Gasteiger partial charge in [-0.15, -0.1) is 0 Å². The molecule has 2 aromatic rings. The number of hydrogen-bond donors (Lipinski definition) is 1. The molecule has 9 heteroatoms. The van der Waals surface area contributed by atoms with Crippen molar-refractivity contribution >= 4 is 46.3 Å². The van der Waals surface area contributed by atoms with Crippen molar-refractivity contribution in [3.05, 3.63) is 74.7 Å². The summed E-state index contributed by atoms with van der Waals surface area (Å²) in [7, 11) is 0. The first-order chi connectivity index (χ1) is 14.5. The summed E-state index contributed by atoms with van der Waals surface area (Å²) in [5.41, 5.74) is 2.17. The number of non-ortho nitro benzene ring substituents is 1. The zero-order valence-electron chi connectivity index (χ0n) is 17.2. The second-order valence-corrected chi connectivity index (χ2v) is 8.99. The molecule has 1 aliphatic heterocycles. The fourth-order valence-electron chi connectivity index (χ4n) is 2.88. The Kier molecular flexibility index (Phi) is 6.26. The molecule has 0 radical (unpaired) electrons. The van der Waals surface area contributed by atoms with Crippen molar-refractivity contribution < 1.29 is 19.3 Å². The fourth-order valence-corrected chi connectivity index (χ4v) is 3.72. The monoisotopic (exact) mass is 439 g/mol. The van der Waals surface area contributed by atoms with E-state index in [0.29, 0.717) is 5.69 Å². The van der Waals surface area contributed by atoms with E-state index in [9.17, 15) is 24.5 Å². The average Bonchev–Trinajstić information content (AvgIpc) is 2.95. The highest BCUT2D eigenvalue weighted by molar-refractivity contribution is 8.18. The van der Waals surface area contributed by atoms with E-state index in [4.69, 9.17) is 0 Å². The lowest BCUT2D eigenvalue weighted by atomic mass is 9.87. The van der Waals surface area contributed by atoms with E-state index in [1.165, 1.54) is 24.3 Å². The highest BCUT2D eigenvalue weighted by atomic mass is 32.2. The Hall–Kier alpha value is -3.46. The Labute approximate surface area is 183 Å². The minimum atomic E-state index is -0.577. The first kappa shape index (κ1) is 22.2. The Bertz CT molecular complexity index is 1070. The standard InChI is InChI=1S/C22H21N3O5S/c1-22(2,3)15-6-4-14(5-7-15)12-18-20(27)24(21(28)31-18)13-19(26)23-16-8-10-17(11-9-16)25(29)30/h4-12H,13H2,1-3H3,(H,23,26)/b18-12-. The van der Waals surface area contributed by atoms with Crippen LogP contribution < -0.4 is 5.32 Å². The van der Waals surface area contributed by atoms with Crippen LogP contribution in [-0.4, -0.2) is 33.4 Å². The number of anilines is 1. The van der Waals surface area contributed by atoms with Gasteiger partial charge < -0.3 is 5.32 Å². The van der Waals surface area contributed by atoms with Gasteiger partial charge in [0.05, 0.1) is 9.83 Å². The lowest BCUT2D eigenvalue weighted by molar-refractivity contribution is -0.384. The number of carbonyl (C=O) groups excluding carboxylic acids is 3. The molecule has 8 nitrogen and oxygen atoms in total. The Balaban J connectivity index is 1.66. The summed E-state index contributed by atoms with van der Waals surface area (Å²) in [5, 5.41) is 12.7. The van der Waals surface area contributed by atoms with Crippen LogP contribution in [0, 0.1) is 10.1 Å². The molecule has 0 saturated carbocycles. The van der Waals surface area contributed by atoms with Gasteiger partial charge in [0.2, 0.25) is 5.91 Å². The van der Waals surface area contributed by atoms with E-state index in [1.807, 2.05) is 24.3 Å². The lowest BCUT2D eigenvalue weighted by Crippen LogP contribution is -2.36. The van der Waals surface area contributed by atoms with Crippen LogP contribution in [0.2, 0.25) is 0 Å². The van der Waals surface area contributed by atoms with Gasteiger partial charge in [-0.3, -0.25) is 29.4 Å². The van der Waals surface area contributed by atoms with Gasteiger partial charge in [-0.25, -0.2) is 0 Å². The highest BCUT2D eigenvalue weighted by Crippen LogP contribution is 2.32. The normalized spacial score (nSPS) is 15.5. The van der Waals surface area contributed by atoms with E-state index in [0.717, 1.165) is 27.8 Å². The number of rotatable bonds is 5. The van der Waals surface area contributed by atoms with Gasteiger partial charge in [0.15, 0.2) is 0 Å². The molecule has 0 unspecified atom stereocenters. The van der Waals surface area contributed by atoms with Crippen molar-refractivity contribution in [2.45, 2.75) is 26.2 Å². The van der Waals surface area contributed by atoms with Gasteiger partial charge >= 0.3 is 0 Å². The van der Waals surface area contributed by atoms with Gasteiger partial charge in [0, 0.05) is 17.8 Å². The molecule has 31 heavy (non-hydrogen) atoms. The molecule has 1 aliphatic rings. The number of benzene rings is 2. The molecule has 0 spiro atoms. The molecule has 0 aromatic heterocycles. The number of nitrogens with one attached hydrogen (secondary N) is 1. The van der Waals surface area contributed by atoms with Crippen LogP contribution in [0.3, 0.4) is 0 Å². The van der Waals surface area contributed by atoms with Gasteiger partial charge in [0.25, 0.3) is 16.8 Å². The maximum absolute atomic E-state index is 12.6. The van der Waals surface area contributed by atoms with Crippen LogP contribution >= 0.6 is 11.8 Å². The van der Waals surface area contributed by atoms with Crippen LogP contribution in [0.5, 0.6) is 0 Å². The lowest BCUT2D eigenvalue weighted by Gasteiger charge is -2.18. The van der Waals surface area contributed by atoms with Crippen molar-refractivity contribution in [3.63, 3.8) is 0 Å². The molecule has 3 rings (SSSR count). The van der Waals surface area contributed by atoms with Crippen LogP contribution in [0.1, 0.15) is 31.9 Å². The smallest absolute Gasteiger partial charge is 0.294 e. The minimum absolute atomic E-state index is 0.00734. The Morgan fingerprint density at radius 2 is 1.71 bits per heavy atom. The van der Waals surface area contributed by atoms with Crippen LogP contribution in [-0.2, 0) is 15.0 Å². The van der Waals surface area contributed by atoms with Gasteiger partial charge in [-0.1, -0.05) is 45.0 Å². The number of carbonyl (C=O) groups is 3. The zero-order valence-corrected chi connectivity index (χ0v) is 18.1. The summed E-state index contributed by atoms with van der Waals surface area (Å²) in [5.74, 6) is -1.11. The summed E-state index contributed by atoms with van der Waals surface area (Å²) < 4.78 is 0. The SMILES string of the molecule is CC(C)(C)c1ccc(/C=C2\SC(=O)N(CC(=O)Nc3ccc([N+](=O)[O-])cc3)C2=O)cc1. The van der Waals surface area contributed by atoms with E-state index in [-0.39, 0.29) is 16.0 Å². The van der Waals surface area contributed by atoms with Gasteiger partial charge in [0.1, 0.15) is 6.54 Å². The highest BCUT2D eigenvalue weighted by Gasteiger charge is 2.36. The van der Waals surface area contributed by atoms with Crippen LogP contribution in [0.15, 0.2) is 53.4 Å². The number of nitro benzene ring substituents is 1. The van der Waals surface area contributed by atoms with Crippen molar-refractivity contribution in [2.24, 2.45) is 0 Å². The summed E-state index contributed by atoms with van der Waals surface area (Å²) in [6, 6.07) is 13.0. The number of thioether (sulfide) groups is 1. The molecule has 1 heterocycles. The third kappa shape index (κ3) is 5.37. The van der Waals surface area contributed by atoms with Gasteiger partial charge in [-0.05, 0) is 46.5 Å².